The molecule has 0 aliphatic carbocycles. The number of hydrogen-bond donors (Lipinski definition) is 0. The van der Waals surface area contributed by atoms with Crippen molar-refractivity contribution in [2.45, 2.75) is 30.2 Å². The molecule has 2 aromatic rings. The van der Waals surface area contributed by atoms with Gasteiger partial charge in [0.05, 0.1) is 16.7 Å². The van der Waals surface area contributed by atoms with E-state index in [9.17, 15) is 13.2 Å². The summed E-state index contributed by atoms with van der Waals surface area (Å²) >= 11 is 12.3. The highest BCUT2D eigenvalue weighted by Gasteiger charge is 2.37. The van der Waals surface area contributed by atoms with Gasteiger partial charge in [-0.25, -0.2) is 8.42 Å². The van der Waals surface area contributed by atoms with E-state index in [-0.39, 0.29) is 40.1 Å². The van der Waals surface area contributed by atoms with Crippen LogP contribution in [0, 0.1) is 0 Å². The number of sulfonamides is 1. The number of benzene rings is 2. The molecule has 2 aromatic carbocycles. The SMILES string of the molecule is O=C(COCC1CCCN1S(=O)(=O)c1c(Cl)cccc1Cl)N1CCN(CCc2ccccc2)CC1. The van der Waals surface area contributed by atoms with Crippen molar-refractivity contribution < 1.29 is 17.9 Å². The largest absolute Gasteiger partial charge is 0.370 e. The van der Waals surface area contributed by atoms with Gasteiger partial charge in [0, 0.05) is 45.3 Å². The normalized spacial score (nSPS) is 19.8. The molecule has 2 fully saturated rings. The first-order valence-corrected chi connectivity index (χ1v) is 14.1. The Kier molecular flexibility index (Phi) is 9.07. The van der Waals surface area contributed by atoms with Crippen molar-refractivity contribution in [1.82, 2.24) is 14.1 Å². The summed E-state index contributed by atoms with van der Waals surface area (Å²) in [6.45, 7) is 4.47. The van der Waals surface area contributed by atoms with Crippen LogP contribution in [-0.2, 0) is 26.0 Å². The summed E-state index contributed by atoms with van der Waals surface area (Å²) in [5, 5.41) is 0.198. The Morgan fingerprint density at radius 3 is 2.31 bits per heavy atom. The number of ether oxygens (including phenoxy) is 1. The minimum atomic E-state index is -3.86. The van der Waals surface area contributed by atoms with E-state index in [4.69, 9.17) is 27.9 Å². The van der Waals surface area contributed by atoms with Crippen molar-refractivity contribution in [2.75, 3.05) is 52.5 Å². The molecule has 0 radical (unpaired) electrons. The quantitative estimate of drug-likeness (QED) is 0.487. The van der Waals surface area contributed by atoms with Gasteiger partial charge in [0.15, 0.2) is 0 Å². The number of halogens is 2. The van der Waals surface area contributed by atoms with Gasteiger partial charge in [-0.1, -0.05) is 59.6 Å². The Labute approximate surface area is 217 Å². The van der Waals surface area contributed by atoms with E-state index in [2.05, 4.69) is 29.2 Å². The molecular formula is C25H31Cl2N3O4S. The fourth-order valence-electron chi connectivity index (χ4n) is 4.66. The fourth-order valence-corrected chi connectivity index (χ4v) is 7.44. The Balaban J connectivity index is 1.23. The molecule has 1 unspecified atom stereocenters. The van der Waals surface area contributed by atoms with Crippen molar-refractivity contribution in [1.29, 1.82) is 0 Å². The number of amides is 1. The third-order valence-corrected chi connectivity index (χ3v) is 9.54. The smallest absolute Gasteiger partial charge is 0.248 e. The van der Waals surface area contributed by atoms with E-state index in [0.717, 1.165) is 26.1 Å². The molecule has 7 nitrogen and oxygen atoms in total. The van der Waals surface area contributed by atoms with Crippen LogP contribution < -0.4 is 0 Å². The van der Waals surface area contributed by atoms with Crippen LogP contribution in [0.3, 0.4) is 0 Å². The van der Waals surface area contributed by atoms with Gasteiger partial charge in [0.1, 0.15) is 11.5 Å². The number of carbonyl (C=O) groups is 1. The van der Waals surface area contributed by atoms with Crippen LogP contribution in [-0.4, -0.2) is 87.0 Å². The summed E-state index contributed by atoms with van der Waals surface area (Å²) in [7, 11) is -3.86. The summed E-state index contributed by atoms with van der Waals surface area (Å²) < 4.78 is 33.6. The molecule has 1 atom stereocenters. The first-order chi connectivity index (χ1) is 16.9. The Bertz CT molecular complexity index is 1090. The van der Waals surface area contributed by atoms with E-state index in [1.807, 2.05) is 11.0 Å². The molecule has 35 heavy (non-hydrogen) atoms. The minimum Gasteiger partial charge on any atom is -0.370 e. The van der Waals surface area contributed by atoms with Gasteiger partial charge in [0.25, 0.3) is 0 Å². The monoisotopic (exact) mass is 539 g/mol. The second-order valence-electron chi connectivity index (χ2n) is 8.94. The van der Waals surface area contributed by atoms with E-state index in [1.165, 1.54) is 22.0 Å². The molecule has 10 heteroatoms. The van der Waals surface area contributed by atoms with Gasteiger partial charge in [-0.3, -0.25) is 9.69 Å². The number of hydrogen-bond acceptors (Lipinski definition) is 5. The van der Waals surface area contributed by atoms with Crippen LogP contribution in [0.4, 0.5) is 0 Å². The highest BCUT2D eigenvalue weighted by atomic mass is 35.5. The van der Waals surface area contributed by atoms with Gasteiger partial charge < -0.3 is 9.64 Å². The Morgan fingerprint density at radius 2 is 1.63 bits per heavy atom. The van der Waals surface area contributed by atoms with Gasteiger partial charge in [0.2, 0.25) is 15.9 Å². The number of carbonyl (C=O) groups excluding carboxylic acids is 1. The molecule has 2 aliphatic heterocycles. The Hall–Kier alpha value is -1.68. The van der Waals surface area contributed by atoms with Gasteiger partial charge in [-0.05, 0) is 37.0 Å². The molecule has 2 saturated heterocycles. The zero-order valence-electron chi connectivity index (χ0n) is 19.6. The van der Waals surface area contributed by atoms with Crippen molar-refractivity contribution in [3.63, 3.8) is 0 Å². The molecule has 0 aromatic heterocycles. The third-order valence-electron chi connectivity index (χ3n) is 6.63. The lowest BCUT2D eigenvalue weighted by molar-refractivity contribution is -0.138. The van der Waals surface area contributed by atoms with Crippen molar-refractivity contribution in [2.24, 2.45) is 0 Å². The summed E-state index contributed by atoms with van der Waals surface area (Å²) in [6.07, 6.45) is 2.38. The molecule has 0 N–H and O–H groups in total. The number of nitrogens with zero attached hydrogens (tertiary/aromatic N) is 3. The zero-order valence-corrected chi connectivity index (χ0v) is 21.9. The van der Waals surface area contributed by atoms with Crippen LogP contribution in [0.25, 0.3) is 0 Å². The molecule has 1 amide bonds. The summed E-state index contributed by atoms with van der Waals surface area (Å²) in [5.41, 5.74) is 1.32. The maximum atomic E-state index is 13.2. The maximum Gasteiger partial charge on any atom is 0.248 e. The minimum absolute atomic E-state index is 0.0543. The van der Waals surface area contributed by atoms with Crippen molar-refractivity contribution >= 4 is 39.1 Å². The lowest BCUT2D eigenvalue weighted by Gasteiger charge is -2.34. The van der Waals surface area contributed by atoms with E-state index in [1.54, 1.807) is 6.07 Å². The zero-order chi connectivity index (χ0) is 24.8. The summed E-state index contributed by atoms with van der Waals surface area (Å²) in [4.78, 5) is 16.8. The van der Waals surface area contributed by atoms with Crippen molar-refractivity contribution in [3.8, 4) is 0 Å². The molecule has 190 valence electrons. The maximum absolute atomic E-state index is 13.2. The first kappa shape index (κ1) is 26.4. The molecule has 0 spiro atoms. The molecule has 0 saturated carbocycles. The number of rotatable bonds is 9. The van der Waals surface area contributed by atoms with E-state index < -0.39 is 10.0 Å². The van der Waals surface area contributed by atoms with E-state index in [0.29, 0.717) is 32.5 Å². The van der Waals surface area contributed by atoms with Crippen LogP contribution in [0.2, 0.25) is 10.0 Å². The second kappa shape index (κ2) is 12.0. The summed E-state index contributed by atoms with van der Waals surface area (Å²) in [6, 6.07) is 14.7. The van der Waals surface area contributed by atoms with E-state index >= 15 is 0 Å². The highest BCUT2D eigenvalue weighted by Crippen LogP contribution is 2.34. The lowest BCUT2D eigenvalue weighted by Crippen LogP contribution is -2.50. The van der Waals surface area contributed by atoms with Crippen molar-refractivity contribution in [3.05, 3.63) is 64.1 Å². The predicted molar refractivity (Wildman–Crippen MR) is 137 cm³/mol. The Morgan fingerprint density at radius 1 is 0.943 bits per heavy atom. The van der Waals surface area contributed by atoms with Crippen LogP contribution in [0.15, 0.2) is 53.4 Å². The van der Waals surface area contributed by atoms with Gasteiger partial charge >= 0.3 is 0 Å². The fraction of sp³-hybridized carbons (Fsp3) is 0.480. The second-order valence-corrected chi connectivity index (χ2v) is 11.6. The lowest BCUT2D eigenvalue weighted by atomic mass is 10.1. The highest BCUT2D eigenvalue weighted by molar-refractivity contribution is 7.89. The molecule has 0 bridgehead atoms. The van der Waals surface area contributed by atoms with Gasteiger partial charge in [-0.15, -0.1) is 0 Å². The van der Waals surface area contributed by atoms with Crippen LogP contribution in [0.5, 0.6) is 0 Å². The van der Waals surface area contributed by atoms with Crippen LogP contribution >= 0.6 is 23.2 Å². The average Bonchev–Trinajstić information content (AvgIpc) is 3.33. The predicted octanol–water partition coefficient (Wildman–Crippen LogP) is 3.55. The summed E-state index contributed by atoms with van der Waals surface area (Å²) in [5.74, 6) is -0.0609. The average molecular weight is 541 g/mol. The van der Waals surface area contributed by atoms with Gasteiger partial charge in [-0.2, -0.15) is 4.31 Å². The topological polar surface area (TPSA) is 70.2 Å². The number of piperazine rings is 1. The molecule has 2 heterocycles. The molecule has 4 rings (SSSR count). The third kappa shape index (κ3) is 6.56. The first-order valence-electron chi connectivity index (χ1n) is 11.9. The molecular weight excluding hydrogens is 509 g/mol. The van der Waals surface area contributed by atoms with Crippen LogP contribution in [0.1, 0.15) is 18.4 Å². The standard InChI is InChI=1S/C25H31Cl2N3O4S/c26-22-9-4-10-23(27)25(22)35(32,33)30-12-5-8-21(30)18-34-19-24(31)29-16-14-28(15-17-29)13-11-20-6-2-1-3-7-20/h1-4,6-7,9-10,21H,5,8,11-19H2. The molecule has 2 aliphatic rings.